The zero-order valence-electron chi connectivity index (χ0n) is 18.5. The summed E-state index contributed by atoms with van der Waals surface area (Å²) >= 11 is 0. The number of hydrogen-bond donors (Lipinski definition) is 0. The summed E-state index contributed by atoms with van der Waals surface area (Å²) in [4.78, 5) is 0. The van der Waals surface area contributed by atoms with Gasteiger partial charge in [-0.3, -0.25) is 0 Å². The van der Waals surface area contributed by atoms with E-state index in [1.165, 1.54) is 103 Å². The Labute approximate surface area is 169 Å². The summed E-state index contributed by atoms with van der Waals surface area (Å²) < 4.78 is 9.98. The molecule has 1 rings (SSSR count). The summed E-state index contributed by atoms with van der Waals surface area (Å²) in [5, 5.41) is 0. The molecule has 1 heterocycles. The molecular formula is C24H47N2O+. The van der Waals surface area contributed by atoms with Crippen LogP contribution < -0.4 is 4.57 Å². The van der Waals surface area contributed by atoms with Gasteiger partial charge in [-0.25, -0.2) is 9.13 Å². The summed E-state index contributed by atoms with van der Waals surface area (Å²) in [7, 11) is 2.05. The summed E-state index contributed by atoms with van der Waals surface area (Å²) in [6, 6.07) is 0. The lowest BCUT2D eigenvalue weighted by Crippen LogP contribution is -2.24. The van der Waals surface area contributed by atoms with E-state index in [9.17, 15) is 0 Å². The summed E-state index contributed by atoms with van der Waals surface area (Å²) in [6.45, 7) is 5.00. The molecule has 0 saturated heterocycles. The molecule has 0 bridgehead atoms. The van der Waals surface area contributed by atoms with Gasteiger partial charge in [-0.1, -0.05) is 103 Å². The van der Waals surface area contributed by atoms with Gasteiger partial charge in [-0.15, -0.1) is 0 Å². The van der Waals surface area contributed by atoms with E-state index >= 15 is 0 Å². The average molecular weight is 380 g/mol. The SMILES string of the molecule is CCCCCCCCCCCCCCCCCCOCCn1cc[n+](C)c1. The topological polar surface area (TPSA) is 18.0 Å². The Morgan fingerprint density at radius 1 is 0.667 bits per heavy atom. The lowest BCUT2D eigenvalue weighted by Gasteiger charge is -2.04. The highest BCUT2D eigenvalue weighted by Gasteiger charge is 1.99. The number of imidazole rings is 1. The first-order valence-corrected chi connectivity index (χ1v) is 11.9. The van der Waals surface area contributed by atoms with Crippen LogP contribution in [0.1, 0.15) is 110 Å². The average Bonchev–Trinajstić information content (AvgIpc) is 3.09. The smallest absolute Gasteiger partial charge is 0.243 e. The van der Waals surface area contributed by atoms with Gasteiger partial charge in [-0.05, 0) is 6.42 Å². The maximum Gasteiger partial charge on any atom is 0.243 e. The number of hydrogen-bond acceptors (Lipinski definition) is 1. The van der Waals surface area contributed by atoms with Crippen LogP contribution in [0.25, 0.3) is 0 Å². The van der Waals surface area contributed by atoms with Crippen LogP contribution in [0, 0.1) is 0 Å². The summed E-state index contributed by atoms with van der Waals surface area (Å²) in [6.07, 6.45) is 29.0. The summed E-state index contributed by atoms with van der Waals surface area (Å²) in [5.74, 6) is 0. The molecule has 3 heteroatoms. The van der Waals surface area contributed by atoms with Crippen LogP contribution in [0.15, 0.2) is 18.7 Å². The molecule has 0 aromatic carbocycles. The fourth-order valence-electron chi connectivity index (χ4n) is 3.66. The first kappa shape index (κ1) is 24.2. The standard InChI is InChI=1S/C24H47N2O/c1-3-4-5-6-7-8-9-10-11-12-13-14-15-16-17-18-22-27-23-21-26-20-19-25(2)24-26/h19-20,24H,3-18,21-23H2,1-2H3/q+1. The zero-order chi connectivity index (χ0) is 19.4. The molecule has 1 aromatic heterocycles. The largest absolute Gasteiger partial charge is 0.377 e. The van der Waals surface area contributed by atoms with Crippen LogP contribution in [-0.4, -0.2) is 17.8 Å². The molecule has 0 aliphatic heterocycles. The van der Waals surface area contributed by atoms with Crippen LogP contribution in [0.3, 0.4) is 0 Å². The molecule has 0 saturated carbocycles. The van der Waals surface area contributed by atoms with Crippen LogP contribution in [0.2, 0.25) is 0 Å². The minimum atomic E-state index is 0.827. The van der Waals surface area contributed by atoms with Gasteiger partial charge in [0.05, 0.1) is 13.7 Å². The van der Waals surface area contributed by atoms with Crippen molar-refractivity contribution in [2.24, 2.45) is 7.05 Å². The van der Waals surface area contributed by atoms with E-state index in [2.05, 4.69) is 34.8 Å². The van der Waals surface area contributed by atoms with Gasteiger partial charge in [0, 0.05) is 6.61 Å². The highest BCUT2D eigenvalue weighted by molar-refractivity contribution is 4.65. The second-order valence-corrected chi connectivity index (χ2v) is 8.23. The van der Waals surface area contributed by atoms with Gasteiger partial charge in [0.25, 0.3) is 0 Å². The highest BCUT2D eigenvalue weighted by atomic mass is 16.5. The van der Waals surface area contributed by atoms with Gasteiger partial charge < -0.3 is 4.74 Å². The van der Waals surface area contributed by atoms with E-state index in [1.807, 2.05) is 7.05 Å². The molecular weight excluding hydrogens is 332 g/mol. The van der Waals surface area contributed by atoms with Crippen molar-refractivity contribution in [1.82, 2.24) is 4.57 Å². The molecule has 158 valence electrons. The molecule has 0 fully saturated rings. The normalized spacial score (nSPS) is 11.3. The molecule has 3 nitrogen and oxygen atoms in total. The Morgan fingerprint density at radius 2 is 1.15 bits per heavy atom. The van der Waals surface area contributed by atoms with Crippen molar-refractivity contribution < 1.29 is 9.30 Å². The quantitative estimate of drug-likeness (QED) is 0.184. The fourth-order valence-corrected chi connectivity index (χ4v) is 3.66. The summed E-state index contributed by atoms with van der Waals surface area (Å²) in [5.41, 5.74) is 0. The van der Waals surface area contributed by atoms with Crippen LogP contribution >= 0.6 is 0 Å². The molecule has 0 spiro atoms. The molecule has 0 aliphatic carbocycles. The van der Waals surface area contributed by atoms with Gasteiger partial charge >= 0.3 is 0 Å². The predicted octanol–water partition coefficient (Wildman–Crippen LogP) is 6.59. The predicted molar refractivity (Wildman–Crippen MR) is 116 cm³/mol. The van der Waals surface area contributed by atoms with E-state index in [-0.39, 0.29) is 0 Å². The maximum absolute atomic E-state index is 5.74. The molecule has 0 unspecified atom stereocenters. The lowest BCUT2D eigenvalue weighted by atomic mass is 10.0. The van der Waals surface area contributed by atoms with Gasteiger partial charge in [0.15, 0.2) is 0 Å². The molecule has 0 amide bonds. The molecule has 27 heavy (non-hydrogen) atoms. The molecule has 0 radical (unpaired) electrons. The van der Waals surface area contributed by atoms with Gasteiger partial charge in [0.2, 0.25) is 6.33 Å². The van der Waals surface area contributed by atoms with Crippen molar-refractivity contribution in [2.45, 2.75) is 116 Å². The number of rotatable bonds is 20. The second-order valence-electron chi connectivity index (χ2n) is 8.23. The number of nitrogens with zero attached hydrogens (tertiary/aromatic N) is 2. The number of aryl methyl sites for hydroxylation is 1. The van der Waals surface area contributed by atoms with E-state index < -0.39 is 0 Å². The fraction of sp³-hybridized carbons (Fsp3) is 0.875. The molecule has 0 N–H and O–H groups in total. The van der Waals surface area contributed by atoms with Crippen molar-refractivity contribution >= 4 is 0 Å². The molecule has 0 aliphatic rings. The lowest BCUT2D eigenvalue weighted by molar-refractivity contribution is -0.671. The van der Waals surface area contributed by atoms with E-state index in [4.69, 9.17) is 4.74 Å². The maximum atomic E-state index is 5.74. The van der Waals surface area contributed by atoms with E-state index in [0.717, 1.165) is 19.8 Å². The number of aromatic nitrogens is 2. The Bertz CT molecular complexity index is 416. The minimum absolute atomic E-state index is 0.827. The van der Waals surface area contributed by atoms with Crippen LogP contribution in [-0.2, 0) is 18.3 Å². The third kappa shape index (κ3) is 15.9. The zero-order valence-corrected chi connectivity index (χ0v) is 18.5. The first-order valence-electron chi connectivity index (χ1n) is 11.9. The Morgan fingerprint density at radius 3 is 1.59 bits per heavy atom. The minimum Gasteiger partial charge on any atom is -0.377 e. The molecule has 1 aromatic rings. The van der Waals surface area contributed by atoms with Crippen LogP contribution in [0.5, 0.6) is 0 Å². The highest BCUT2D eigenvalue weighted by Crippen LogP contribution is 2.13. The van der Waals surface area contributed by atoms with Crippen molar-refractivity contribution in [3.63, 3.8) is 0 Å². The van der Waals surface area contributed by atoms with Gasteiger partial charge in [-0.2, -0.15) is 0 Å². The van der Waals surface area contributed by atoms with Crippen molar-refractivity contribution in [3.8, 4) is 0 Å². The third-order valence-electron chi connectivity index (χ3n) is 5.46. The molecule has 0 atom stereocenters. The van der Waals surface area contributed by atoms with Crippen LogP contribution in [0.4, 0.5) is 0 Å². The Kier molecular flexibility index (Phi) is 16.6. The third-order valence-corrected chi connectivity index (χ3v) is 5.46. The monoisotopic (exact) mass is 379 g/mol. The van der Waals surface area contributed by atoms with Crippen molar-refractivity contribution in [2.75, 3.05) is 13.2 Å². The Hall–Kier alpha value is -0.830. The Balaban J connectivity index is 1.67. The number of ether oxygens (including phenoxy) is 1. The van der Waals surface area contributed by atoms with Crippen molar-refractivity contribution in [1.29, 1.82) is 0 Å². The van der Waals surface area contributed by atoms with E-state index in [1.54, 1.807) is 0 Å². The van der Waals surface area contributed by atoms with E-state index in [0.29, 0.717) is 0 Å². The second kappa shape index (κ2) is 18.5. The first-order chi connectivity index (χ1) is 13.3. The number of unbranched alkanes of at least 4 members (excludes halogenated alkanes) is 15. The van der Waals surface area contributed by atoms with Gasteiger partial charge in [0.1, 0.15) is 18.9 Å². The van der Waals surface area contributed by atoms with Crippen molar-refractivity contribution in [3.05, 3.63) is 18.7 Å².